The lowest BCUT2D eigenvalue weighted by Crippen LogP contribution is -2.44. The van der Waals surface area contributed by atoms with E-state index in [2.05, 4.69) is 24.4 Å². The molecule has 2 aliphatic heterocycles. The van der Waals surface area contributed by atoms with E-state index >= 15 is 0 Å². The van der Waals surface area contributed by atoms with Crippen LogP contribution < -0.4 is 11.1 Å². The van der Waals surface area contributed by atoms with E-state index in [-0.39, 0.29) is 24.7 Å². The number of likely N-dealkylation sites (tertiary alicyclic amines) is 2. The number of hydrogen-bond acceptors (Lipinski definition) is 9. The van der Waals surface area contributed by atoms with Gasteiger partial charge in [0.15, 0.2) is 0 Å². The third-order valence-electron chi connectivity index (χ3n) is 9.51. The van der Waals surface area contributed by atoms with E-state index in [1.165, 1.54) is 0 Å². The second kappa shape index (κ2) is 22.3. The number of nitrogen functional groups attached to an aromatic ring is 1. The second-order valence-electron chi connectivity index (χ2n) is 14.0. The maximum Gasteiger partial charge on any atom is 0.410 e. The van der Waals surface area contributed by atoms with Crippen molar-refractivity contribution in [3.8, 4) is 0 Å². The van der Waals surface area contributed by atoms with Gasteiger partial charge in [-0.1, -0.05) is 97.1 Å². The summed E-state index contributed by atoms with van der Waals surface area (Å²) in [7, 11) is -3.49. The van der Waals surface area contributed by atoms with Gasteiger partial charge in [-0.05, 0) is 80.8 Å². The summed E-state index contributed by atoms with van der Waals surface area (Å²) in [6, 6.07) is 39.3. The summed E-state index contributed by atoms with van der Waals surface area (Å²) >= 11 is 0. The lowest BCUT2D eigenvalue weighted by Gasteiger charge is -2.35. The molecular formula is C43H56N4O7S. The number of carbonyl (C=O) groups excluding carboxylic acids is 2. The largest absolute Gasteiger partial charge is 0.445 e. The first kappa shape index (κ1) is 42.7. The number of nitrogens with zero attached hydrogens (tertiary/aromatic N) is 2. The van der Waals surface area contributed by atoms with Crippen molar-refractivity contribution < 1.29 is 31.7 Å². The minimum atomic E-state index is -3.49. The quantitative estimate of drug-likeness (QED) is 0.121. The van der Waals surface area contributed by atoms with E-state index in [9.17, 15) is 18.0 Å². The molecule has 0 saturated carbocycles. The average molecular weight is 773 g/mol. The van der Waals surface area contributed by atoms with E-state index in [0.29, 0.717) is 31.7 Å². The highest BCUT2D eigenvalue weighted by molar-refractivity contribution is 7.86. The molecule has 0 bridgehead atoms. The number of ether oxygens (including phenoxy) is 2. The molecule has 2 fully saturated rings. The Bertz CT molecular complexity index is 1800. The molecule has 3 N–H and O–H groups in total. The number of amides is 2. The van der Waals surface area contributed by atoms with Crippen molar-refractivity contribution in [2.24, 2.45) is 11.8 Å². The van der Waals surface area contributed by atoms with Gasteiger partial charge in [-0.15, -0.1) is 0 Å². The Morgan fingerprint density at radius 2 is 1.11 bits per heavy atom. The van der Waals surface area contributed by atoms with Crippen molar-refractivity contribution in [2.45, 2.75) is 64.9 Å². The summed E-state index contributed by atoms with van der Waals surface area (Å²) in [5.41, 5.74) is 9.25. The van der Waals surface area contributed by atoms with Gasteiger partial charge in [-0.25, -0.2) is 9.59 Å². The maximum atomic E-state index is 12.4. The number of anilines is 2. The van der Waals surface area contributed by atoms with Crippen molar-refractivity contribution in [1.82, 2.24) is 9.80 Å². The van der Waals surface area contributed by atoms with Gasteiger partial charge in [0, 0.05) is 49.5 Å². The van der Waals surface area contributed by atoms with Gasteiger partial charge >= 0.3 is 12.2 Å². The highest BCUT2D eigenvalue weighted by Crippen LogP contribution is 2.24. The smallest absolute Gasteiger partial charge is 0.410 e. The molecule has 55 heavy (non-hydrogen) atoms. The zero-order chi connectivity index (χ0) is 39.5. The van der Waals surface area contributed by atoms with E-state index < -0.39 is 16.2 Å². The Kier molecular flexibility index (Phi) is 17.3. The molecule has 12 heteroatoms. The van der Waals surface area contributed by atoms with Crippen LogP contribution in [-0.2, 0) is 37.0 Å². The molecule has 296 valence electrons. The van der Waals surface area contributed by atoms with Crippen LogP contribution >= 0.6 is 0 Å². The molecular weight excluding hydrogens is 717 g/mol. The molecule has 0 unspecified atom stereocenters. The fourth-order valence-electron chi connectivity index (χ4n) is 6.49. The molecule has 0 aromatic heterocycles. The number of hydrogen-bond donors (Lipinski definition) is 2. The van der Waals surface area contributed by atoms with Crippen molar-refractivity contribution in [3.63, 3.8) is 0 Å². The van der Waals surface area contributed by atoms with E-state index in [0.717, 1.165) is 67.5 Å². The molecule has 0 aliphatic carbocycles. The number of piperidine rings is 2. The predicted octanol–water partition coefficient (Wildman–Crippen LogP) is 8.20. The minimum Gasteiger partial charge on any atom is -0.445 e. The third kappa shape index (κ3) is 16.1. The second-order valence-corrected chi connectivity index (χ2v) is 15.6. The number of nitrogens with two attached hydrogens (primary N) is 1. The van der Waals surface area contributed by atoms with Crippen LogP contribution in [0.15, 0.2) is 121 Å². The van der Waals surface area contributed by atoms with E-state index in [4.69, 9.17) is 19.4 Å². The van der Waals surface area contributed by atoms with Crippen molar-refractivity contribution in [3.05, 3.63) is 132 Å². The lowest BCUT2D eigenvalue weighted by atomic mass is 9.91. The summed E-state index contributed by atoms with van der Waals surface area (Å²) in [6.45, 7) is 7.08. The first-order valence-corrected chi connectivity index (χ1v) is 20.7. The molecule has 2 aliphatic rings. The Morgan fingerprint density at radius 3 is 1.55 bits per heavy atom. The molecule has 4 aromatic rings. The zero-order valence-electron chi connectivity index (χ0n) is 32.2. The van der Waals surface area contributed by atoms with Crippen LogP contribution in [0.4, 0.5) is 21.0 Å². The zero-order valence-corrected chi connectivity index (χ0v) is 33.0. The molecule has 6 rings (SSSR count). The normalized spacial score (nSPS) is 17.9. The van der Waals surface area contributed by atoms with Crippen LogP contribution in [0.5, 0.6) is 0 Å². The highest BCUT2D eigenvalue weighted by Gasteiger charge is 2.31. The Hall–Kier alpha value is -5.07. The van der Waals surface area contributed by atoms with Crippen LogP contribution in [0.2, 0.25) is 0 Å². The Balaban J connectivity index is 0.000000208. The Labute approximate surface area is 326 Å². The molecule has 0 radical (unpaired) electrons. The van der Waals surface area contributed by atoms with Crippen LogP contribution in [0.25, 0.3) is 0 Å². The molecule has 4 aromatic carbocycles. The van der Waals surface area contributed by atoms with Crippen molar-refractivity contribution in [2.75, 3.05) is 43.5 Å². The number of nitrogens with one attached hydrogen (secondary N) is 1. The number of para-hydroxylation sites is 2. The first-order valence-electron chi connectivity index (χ1n) is 18.9. The van der Waals surface area contributed by atoms with Gasteiger partial charge in [0.25, 0.3) is 10.1 Å². The van der Waals surface area contributed by atoms with Gasteiger partial charge in [0.1, 0.15) is 13.2 Å². The highest BCUT2D eigenvalue weighted by atomic mass is 32.2. The summed E-state index contributed by atoms with van der Waals surface area (Å²) in [6.07, 6.45) is 3.80. The van der Waals surface area contributed by atoms with E-state index in [1.807, 2.05) is 114 Å². The van der Waals surface area contributed by atoms with Crippen LogP contribution in [-0.4, -0.2) is 75.0 Å². The van der Waals surface area contributed by atoms with Gasteiger partial charge in [0.05, 0.1) is 12.4 Å². The van der Waals surface area contributed by atoms with Gasteiger partial charge in [-0.3, -0.25) is 4.18 Å². The van der Waals surface area contributed by atoms with Crippen LogP contribution in [0.3, 0.4) is 0 Å². The number of benzene rings is 4. The minimum absolute atomic E-state index is 0.0113. The predicted molar refractivity (Wildman–Crippen MR) is 218 cm³/mol. The average Bonchev–Trinajstić information content (AvgIpc) is 3.20. The van der Waals surface area contributed by atoms with Crippen LogP contribution in [0, 0.1) is 11.8 Å². The van der Waals surface area contributed by atoms with Crippen LogP contribution in [0.1, 0.15) is 50.7 Å². The summed E-state index contributed by atoms with van der Waals surface area (Å²) in [5.74, 6) is 0.418. The summed E-state index contributed by atoms with van der Waals surface area (Å²) in [4.78, 5) is 28.0. The fourth-order valence-corrected chi connectivity index (χ4v) is 7.20. The molecule has 2 heterocycles. The molecule has 2 saturated heterocycles. The van der Waals surface area contributed by atoms with Gasteiger partial charge in [0.2, 0.25) is 0 Å². The van der Waals surface area contributed by atoms with E-state index in [1.54, 1.807) is 11.8 Å². The summed E-state index contributed by atoms with van der Waals surface area (Å²) < 4.78 is 38.3. The SMILES string of the molecule is C[C@@H](OS(C)(=O)=O)[C@H]1CCCN(C(=O)OCc2ccccc2)C1.C[C@H](Nc1ccccc1)[C@H]1CCCN(C(=O)OCc2ccccc2)C1.Nc1ccccc1. The first-order chi connectivity index (χ1) is 26.5. The Morgan fingerprint density at radius 1 is 0.691 bits per heavy atom. The monoisotopic (exact) mass is 772 g/mol. The standard InChI is InChI=1S/C21H26N2O2.C16H23NO5S.C6H7N/c1-17(22-20-12-6-3-7-13-20)19-11-8-14-23(15-19)21(24)25-16-18-9-4-2-5-10-18;1-13(22-23(2,19)20)15-9-6-10-17(11-15)16(18)21-12-14-7-4-3-5-8-14;7-6-4-2-1-3-5-6/h2-7,9-10,12-13,17,19,22H,8,11,14-16H2,1H3;3-5,7-8,13,15H,6,9-12H2,1-2H3;1-5H,7H2/t17-,19-;13-,15+;/m01./s1. The third-order valence-corrected chi connectivity index (χ3v) is 10.2. The molecule has 2 amide bonds. The number of rotatable bonds is 10. The molecule has 4 atom stereocenters. The van der Waals surface area contributed by atoms with Crippen molar-refractivity contribution >= 4 is 33.7 Å². The topological polar surface area (TPSA) is 140 Å². The lowest BCUT2D eigenvalue weighted by molar-refractivity contribution is 0.0551. The maximum absolute atomic E-state index is 12.4. The fraction of sp³-hybridized carbons (Fsp3) is 0.395. The summed E-state index contributed by atoms with van der Waals surface area (Å²) in [5, 5.41) is 3.55. The van der Waals surface area contributed by atoms with Crippen molar-refractivity contribution in [1.29, 1.82) is 0 Å². The molecule has 11 nitrogen and oxygen atoms in total. The molecule has 0 spiro atoms. The number of carbonyl (C=O) groups is 2. The van der Waals surface area contributed by atoms with Gasteiger partial charge < -0.3 is 30.3 Å². The van der Waals surface area contributed by atoms with Gasteiger partial charge in [-0.2, -0.15) is 8.42 Å².